The number of nitrogens with zero attached hydrogens (tertiary/aromatic N) is 1. The summed E-state index contributed by atoms with van der Waals surface area (Å²) < 4.78 is 16.9. The Morgan fingerprint density at radius 3 is 2.32 bits per heavy atom. The third-order valence-electron chi connectivity index (χ3n) is 9.98. The van der Waals surface area contributed by atoms with Gasteiger partial charge in [0.05, 0.1) is 46.9 Å². The third-order valence-corrected chi connectivity index (χ3v) is 11.4. The van der Waals surface area contributed by atoms with Gasteiger partial charge in [0.15, 0.2) is 23.1 Å². The second-order valence-electron chi connectivity index (χ2n) is 12.5. The first kappa shape index (κ1) is 34.0. The summed E-state index contributed by atoms with van der Waals surface area (Å²) in [4.78, 5) is 56.7. The van der Waals surface area contributed by atoms with Crippen molar-refractivity contribution in [2.24, 2.45) is 17.8 Å². The predicted octanol–water partition coefficient (Wildman–Crippen LogP) is 7.16. The van der Waals surface area contributed by atoms with Crippen LogP contribution in [0, 0.1) is 21.3 Å². The number of fused-ring (bicyclic) bond motifs is 3. The number of benzene rings is 3. The first-order valence-electron chi connectivity index (χ1n) is 15.9. The van der Waals surface area contributed by atoms with Gasteiger partial charge in [0.1, 0.15) is 11.5 Å². The van der Waals surface area contributed by atoms with E-state index in [2.05, 4.69) is 15.9 Å². The molecule has 1 fully saturated rings. The van der Waals surface area contributed by atoms with Crippen molar-refractivity contribution in [3.63, 3.8) is 0 Å². The number of imide groups is 1. The van der Waals surface area contributed by atoms with E-state index in [9.17, 15) is 24.3 Å². The highest BCUT2D eigenvalue weighted by atomic mass is 127. The molecule has 1 aliphatic heterocycles. The number of phenols is 1. The molecule has 1 N–H and O–H groups in total. The van der Waals surface area contributed by atoms with Gasteiger partial charge in [-0.25, -0.2) is 0 Å². The topological polar surface area (TPSA) is 119 Å². The van der Waals surface area contributed by atoms with Gasteiger partial charge in [-0.15, -0.1) is 0 Å². The van der Waals surface area contributed by atoms with Crippen LogP contribution in [0.4, 0.5) is 5.69 Å². The van der Waals surface area contributed by atoms with Gasteiger partial charge in [-0.2, -0.15) is 0 Å². The lowest BCUT2D eigenvalue weighted by Crippen LogP contribution is -2.39. The number of aromatic hydroxyl groups is 1. The Morgan fingerprint density at radius 2 is 1.62 bits per heavy atom. The number of ketones is 2. The summed E-state index contributed by atoms with van der Waals surface area (Å²) >= 11 is 5.27. The maximum atomic E-state index is 14.3. The molecule has 0 spiro atoms. The summed E-state index contributed by atoms with van der Waals surface area (Å²) in [7, 11) is 4.65. The molecule has 7 rings (SSSR count). The molecule has 3 aliphatic carbocycles. The van der Waals surface area contributed by atoms with E-state index in [-0.39, 0.29) is 45.8 Å². The van der Waals surface area contributed by atoms with Crippen LogP contribution >= 0.6 is 38.5 Å². The van der Waals surface area contributed by atoms with E-state index in [4.69, 9.17) is 14.2 Å². The van der Waals surface area contributed by atoms with Gasteiger partial charge in [-0.3, -0.25) is 24.1 Å². The van der Waals surface area contributed by atoms with Crippen LogP contribution in [0.5, 0.6) is 23.0 Å². The Morgan fingerprint density at radius 1 is 0.880 bits per heavy atom. The first-order chi connectivity index (χ1) is 24.1. The van der Waals surface area contributed by atoms with Gasteiger partial charge in [-0.1, -0.05) is 35.9 Å². The largest absolute Gasteiger partial charge is 0.504 e. The zero-order valence-corrected chi connectivity index (χ0v) is 31.0. The smallest absolute Gasteiger partial charge is 0.238 e. The van der Waals surface area contributed by atoms with E-state index >= 15 is 0 Å². The molecule has 50 heavy (non-hydrogen) atoms. The van der Waals surface area contributed by atoms with Crippen LogP contribution < -0.4 is 19.1 Å². The molecule has 0 bridgehead atoms. The molecule has 9 nitrogen and oxygen atoms in total. The molecule has 1 heterocycles. The highest BCUT2D eigenvalue weighted by Crippen LogP contribution is 2.56. The monoisotopic (exact) mass is 847 g/mol. The summed E-state index contributed by atoms with van der Waals surface area (Å²) in [6.07, 6.45) is 7.54. The normalized spacial score (nSPS) is 23.0. The van der Waals surface area contributed by atoms with Crippen molar-refractivity contribution in [3.8, 4) is 23.0 Å². The van der Waals surface area contributed by atoms with Crippen molar-refractivity contribution in [3.05, 3.63) is 108 Å². The van der Waals surface area contributed by atoms with Gasteiger partial charge in [0, 0.05) is 28.7 Å². The standard InChI is InChI=1S/C39H31BrINO8/c1-48-23-10-13-31(49-2)20(14-23)7-4-19-5-8-22(9-6-19)42-38(46)25-12-11-24-26(34(25)39(42)47)17-27-35(30(43)18-28(40)36(27)44)33(24)21-15-29(41)37(45)32(16-21)50-3/h4-11,13-16,18,25-26,33-34,45H,12,17H2,1-3H3. The molecule has 0 aromatic heterocycles. The van der Waals surface area contributed by atoms with E-state index in [1.54, 1.807) is 38.5 Å². The number of Topliss-reactive ketones (excluding diaryl/α,β-unsaturated/α-hetero) is 1. The zero-order chi connectivity index (χ0) is 35.4. The van der Waals surface area contributed by atoms with Gasteiger partial charge < -0.3 is 19.3 Å². The van der Waals surface area contributed by atoms with Crippen LogP contribution in [0.1, 0.15) is 35.4 Å². The highest BCUT2D eigenvalue weighted by molar-refractivity contribution is 14.1. The molecule has 2 amide bonds. The van der Waals surface area contributed by atoms with Crippen LogP contribution in [-0.2, 0) is 19.2 Å². The number of ether oxygens (including phenoxy) is 3. The quantitative estimate of drug-likeness (QED) is 0.0876. The SMILES string of the molecule is COc1ccc(OC)c(C=Cc2ccc(N3C(=O)C4CC=C5C(c6cc(I)c(O)c(OC)c6)C6=C(CC5C4C3=O)C(=O)C(Br)=CC6=O)cc2)c1. The molecule has 11 heteroatoms. The molecule has 0 radical (unpaired) electrons. The van der Waals surface area contributed by atoms with E-state index in [1.807, 2.05) is 71.2 Å². The lowest BCUT2D eigenvalue weighted by molar-refractivity contribution is -0.123. The molecule has 3 aromatic rings. The van der Waals surface area contributed by atoms with E-state index in [1.165, 1.54) is 18.1 Å². The number of halogens is 2. The lowest BCUT2D eigenvalue weighted by Gasteiger charge is -2.42. The van der Waals surface area contributed by atoms with Gasteiger partial charge in [-0.05, 0) is 111 Å². The maximum absolute atomic E-state index is 14.3. The Labute approximate surface area is 310 Å². The number of carbonyl (C=O) groups excluding carboxylic acids is 4. The predicted molar refractivity (Wildman–Crippen MR) is 199 cm³/mol. The van der Waals surface area contributed by atoms with Crippen molar-refractivity contribution >= 4 is 79.7 Å². The molecule has 4 aliphatic rings. The minimum atomic E-state index is -0.718. The van der Waals surface area contributed by atoms with E-state index < -0.39 is 23.7 Å². The maximum Gasteiger partial charge on any atom is 0.238 e. The summed E-state index contributed by atoms with van der Waals surface area (Å²) in [5.74, 6) is -2.11. The van der Waals surface area contributed by atoms with Crippen LogP contribution in [0.2, 0.25) is 0 Å². The molecule has 4 atom stereocenters. The summed E-state index contributed by atoms with van der Waals surface area (Å²) in [5, 5.41) is 10.6. The molecule has 254 valence electrons. The fraction of sp³-hybridized carbons (Fsp3) is 0.231. The lowest BCUT2D eigenvalue weighted by atomic mass is 9.59. The summed E-state index contributed by atoms with van der Waals surface area (Å²) in [6.45, 7) is 0. The summed E-state index contributed by atoms with van der Waals surface area (Å²) in [6, 6.07) is 16.1. The minimum Gasteiger partial charge on any atom is -0.504 e. The molecule has 4 unspecified atom stereocenters. The fourth-order valence-corrected chi connectivity index (χ4v) is 8.72. The average molecular weight is 848 g/mol. The second kappa shape index (κ2) is 13.3. The first-order valence-corrected chi connectivity index (χ1v) is 17.8. The number of amides is 2. The molecule has 0 saturated carbocycles. The van der Waals surface area contributed by atoms with Crippen LogP contribution in [0.25, 0.3) is 12.2 Å². The minimum absolute atomic E-state index is 0.0291. The van der Waals surface area contributed by atoms with E-state index in [0.717, 1.165) is 16.7 Å². The second-order valence-corrected chi connectivity index (χ2v) is 14.5. The number of allylic oxidation sites excluding steroid dienone is 6. The fourth-order valence-electron chi connectivity index (χ4n) is 7.65. The van der Waals surface area contributed by atoms with Gasteiger partial charge in [0.2, 0.25) is 11.8 Å². The van der Waals surface area contributed by atoms with Crippen molar-refractivity contribution in [1.82, 2.24) is 0 Å². The molecule has 3 aromatic carbocycles. The highest BCUT2D eigenvalue weighted by Gasteiger charge is 2.56. The van der Waals surface area contributed by atoms with Gasteiger partial charge in [0.25, 0.3) is 0 Å². The Hall–Kier alpha value is -4.49. The van der Waals surface area contributed by atoms with Crippen molar-refractivity contribution in [2.75, 3.05) is 26.2 Å². The van der Waals surface area contributed by atoms with Crippen molar-refractivity contribution in [1.29, 1.82) is 0 Å². The zero-order valence-electron chi connectivity index (χ0n) is 27.2. The number of anilines is 1. The number of methoxy groups -OCH3 is 3. The Bertz CT molecular complexity index is 2110. The molecular formula is C39H31BrINO8. The van der Waals surface area contributed by atoms with Crippen LogP contribution in [-0.4, -0.2) is 49.8 Å². The third kappa shape index (κ3) is 5.60. The van der Waals surface area contributed by atoms with Crippen molar-refractivity contribution < 1.29 is 38.5 Å². The average Bonchev–Trinajstić information content (AvgIpc) is 3.38. The number of hydrogen-bond donors (Lipinski definition) is 1. The number of rotatable bonds is 7. The molecular weight excluding hydrogens is 817 g/mol. The number of carbonyl (C=O) groups is 4. The van der Waals surface area contributed by atoms with Crippen LogP contribution in [0.15, 0.2) is 88.0 Å². The van der Waals surface area contributed by atoms with Crippen LogP contribution in [0.3, 0.4) is 0 Å². The van der Waals surface area contributed by atoms with Gasteiger partial charge >= 0.3 is 0 Å². The molecule has 1 saturated heterocycles. The number of phenolic OH excluding ortho intramolecular Hbond substituents is 1. The van der Waals surface area contributed by atoms with Crippen molar-refractivity contribution in [2.45, 2.75) is 18.8 Å². The Balaban J connectivity index is 1.22. The summed E-state index contributed by atoms with van der Waals surface area (Å²) in [5.41, 5.74) is 4.31. The Kier molecular flexibility index (Phi) is 9.06. The van der Waals surface area contributed by atoms with E-state index in [0.29, 0.717) is 43.9 Å². The number of hydrogen-bond acceptors (Lipinski definition) is 8.